The SMILES string of the molecule is [O]=[Fe].c1ccc2c(c1)-c1nc-2nc2[nH]c(nc3nc(nc4[nH]c(n1)c1ccccc41)-c1ccccc1-3)c1ccccc21. The number of H-pyrrole nitrogens is 2. The third-order valence-corrected chi connectivity index (χ3v) is 7.46. The van der Waals surface area contributed by atoms with Crippen LogP contribution in [-0.4, -0.2) is 39.9 Å². The predicted octanol–water partition coefficient (Wildman–Crippen LogP) is 6.75. The minimum absolute atomic E-state index is 0.597. The van der Waals surface area contributed by atoms with Gasteiger partial charge in [0.1, 0.15) is 22.6 Å². The van der Waals surface area contributed by atoms with Gasteiger partial charge in [0.05, 0.1) is 0 Å². The van der Waals surface area contributed by atoms with E-state index in [9.17, 15) is 0 Å². The Hall–Kier alpha value is -5.44. The van der Waals surface area contributed by atoms with Gasteiger partial charge in [0.25, 0.3) is 0 Å². The second-order valence-electron chi connectivity index (χ2n) is 9.79. The molecule has 200 valence electrons. The summed E-state index contributed by atoms with van der Waals surface area (Å²) in [5.74, 6) is 2.39. The van der Waals surface area contributed by atoms with E-state index >= 15 is 0 Å². The molecule has 0 radical (unpaired) electrons. The molecule has 0 unspecified atom stereocenters. The molecule has 8 bridgehead atoms. The number of hydrogen-bond donors (Lipinski definition) is 2. The van der Waals surface area contributed by atoms with Crippen LogP contribution in [0.2, 0.25) is 0 Å². The summed E-state index contributed by atoms with van der Waals surface area (Å²) in [6.45, 7) is 0. The Labute approximate surface area is 245 Å². The van der Waals surface area contributed by atoms with Crippen LogP contribution in [0.25, 0.3) is 89.7 Å². The molecule has 2 aliphatic heterocycles. The Morgan fingerprint density at radius 1 is 0.357 bits per heavy atom. The third-order valence-electron chi connectivity index (χ3n) is 7.46. The van der Waals surface area contributed by atoms with E-state index in [0.717, 1.165) is 43.8 Å². The maximum atomic E-state index is 8.00. The molecule has 0 amide bonds. The average molecular weight is 586 g/mol. The van der Waals surface area contributed by atoms with Crippen LogP contribution in [0.1, 0.15) is 0 Å². The molecule has 0 spiro atoms. The molecular weight excluding hydrogens is 568 g/mol. The fourth-order valence-corrected chi connectivity index (χ4v) is 5.59. The van der Waals surface area contributed by atoms with E-state index < -0.39 is 0 Å². The van der Waals surface area contributed by atoms with Crippen molar-refractivity contribution >= 4 is 44.1 Å². The molecular formula is C32H18FeN8O. The van der Waals surface area contributed by atoms with Crippen LogP contribution in [0.3, 0.4) is 0 Å². The van der Waals surface area contributed by atoms with E-state index in [1.807, 2.05) is 113 Å². The van der Waals surface area contributed by atoms with E-state index in [1.165, 1.54) is 0 Å². The van der Waals surface area contributed by atoms with Crippen LogP contribution in [0.4, 0.5) is 0 Å². The Morgan fingerprint density at radius 3 is 0.857 bits per heavy atom. The van der Waals surface area contributed by atoms with Crippen LogP contribution in [0, 0.1) is 0 Å². The fourth-order valence-electron chi connectivity index (χ4n) is 5.59. The summed E-state index contributed by atoms with van der Waals surface area (Å²) in [5, 5.41) is 3.82. The number of aromatic nitrogens is 8. The summed E-state index contributed by atoms with van der Waals surface area (Å²) in [7, 11) is 0. The monoisotopic (exact) mass is 586 g/mol. The van der Waals surface area contributed by atoms with Crippen molar-refractivity contribution in [3.8, 4) is 45.6 Å². The summed E-state index contributed by atoms with van der Waals surface area (Å²) >= 11 is 2.00. The number of fused-ring (bicyclic) bond motifs is 20. The number of hydrogen-bond acceptors (Lipinski definition) is 7. The Kier molecular flexibility index (Phi) is 5.56. The molecule has 4 aromatic carbocycles. The first-order valence-electron chi connectivity index (χ1n) is 13.1. The van der Waals surface area contributed by atoms with Crippen molar-refractivity contribution < 1.29 is 19.8 Å². The van der Waals surface area contributed by atoms with Gasteiger partial charge in [-0.05, 0) is 0 Å². The molecule has 0 saturated carbocycles. The Morgan fingerprint density at radius 2 is 0.595 bits per heavy atom. The van der Waals surface area contributed by atoms with Gasteiger partial charge in [-0.1, -0.05) is 97.1 Å². The topological polar surface area (TPSA) is 126 Å². The molecule has 0 atom stereocenters. The molecule has 10 heteroatoms. The van der Waals surface area contributed by atoms with Crippen LogP contribution in [0.15, 0.2) is 97.1 Å². The third kappa shape index (κ3) is 3.70. The van der Waals surface area contributed by atoms with Gasteiger partial charge in [-0.25, -0.2) is 29.9 Å². The summed E-state index contributed by atoms with van der Waals surface area (Å²) < 4.78 is 8.00. The van der Waals surface area contributed by atoms with Crippen molar-refractivity contribution in [2.75, 3.05) is 0 Å². The summed E-state index contributed by atoms with van der Waals surface area (Å²) in [5.41, 5.74) is 6.45. The van der Waals surface area contributed by atoms with E-state index in [1.54, 1.807) is 0 Å². The predicted molar refractivity (Wildman–Crippen MR) is 157 cm³/mol. The van der Waals surface area contributed by atoms with E-state index in [2.05, 4.69) is 9.97 Å². The van der Waals surface area contributed by atoms with Gasteiger partial charge < -0.3 is 9.97 Å². The van der Waals surface area contributed by atoms with E-state index in [0.29, 0.717) is 45.9 Å². The molecule has 7 aromatic rings. The molecule has 2 aliphatic rings. The van der Waals surface area contributed by atoms with Crippen LogP contribution in [0.5, 0.6) is 0 Å². The number of rotatable bonds is 0. The molecule has 2 N–H and O–H groups in total. The molecule has 3 aromatic heterocycles. The minimum Gasteiger partial charge on any atom is -0.324 e. The number of nitrogens with one attached hydrogen (secondary N) is 2. The van der Waals surface area contributed by atoms with Gasteiger partial charge in [-0.2, -0.15) is 0 Å². The Balaban J connectivity index is 0.00000131. The van der Waals surface area contributed by atoms with E-state index in [-0.39, 0.29) is 0 Å². The zero-order chi connectivity index (χ0) is 28.2. The molecule has 5 heterocycles. The molecule has 0 saturated heterocycles. The number of aromatic amines is 2. The van der Waals surface area contributed by atoms with E-state index in [4.69, 9.17) is 33.7 Å². The maximum absolute atomic E-state index is 8.00. The fraction of sp³-hybridized carbons (Fsp3) is 0. The zero-order valence-electron chi connectivity index (χ0n) is 21.7. The quantitative estimate of drug-likeness (QED) is 0.188. The van der Waals surface area contributed by atoms with Crippen LogP contribution >= 0.6 is 0 Å². The minimum atomic E-state index is 0.597. The number of benzene rings is 4. The first-order valence-corrected chi connectivity index (χ1v) is 13.6. The van der Waals surface area contributed by atoms with Crippen LogP contribution in [-0.2, 0) is 19.8 Å². The van der Waals surface area contributed by atoms with Gasteiger partial charge in [-0.3, -0.25) is 0 Å². The second kappa shape index (κ2) is 9.59. The van der Waals surface area contributed by atoms with Crippen molar-refractivity contribution in [2.45, 2.75) is 0 Å². The first-order chi connectivity index (χ1) is 20.8. The van der Waals surface area contributed by atoms with Crippen molar-refractivity contribution in [3.05, 3.63) is 97.1 Å². The van der Waals surface area contributed by atoms with Gasteiger partial charge in [0.15, 0.2) is 23.3 Å². The second-order valence-corrected chi connectivity index (χ2v) is 9.79. The summed E-state index contributed by atoms with van der Waals surface area (Å²) in [6.07, 6.45) is 0. The standard InChI is InChI=1S/C32H18N8.Fe.O/c1-2-10-18-17(9-1)25-33-26(18)38-28-21-13-5-6-14-22(21)30(35-28)40-32-24-16-8-7-15-23(24)31(36-32)39-29-20-12-4-3-11-19(20)27(34-29)37-25;;/h1-16H,(H2,33,34,35,36,37,38,39,40);;. The molecule has 0 fully saturated rings. The summed E-state index contributed by atoms with van der Waals surface area (Å²) in [6, 6.07) is 32.2. The van der Waals surface area contributed by atoms with Gasteiger partial charge in [-0.15, -0.1) is 0 Å². The van der Waals surface area contributed by atoms with Gasteiger partial charge in [0, 0.05) is 43.8 Å². The largest absolute Gasteiger partial charge is 0.324 e. The molecule has 0 aliphatic carbocycles. The average Bonchev–Trinajstić information content (AvgIpc) is 3.78. The molecule has 9 nitrogen and oxygen atoms in total. The van der Waals surface area contributed by atoms with Crippen LogP contribution < -0.4 is 0 Å². The van der Waals surface area contributed by atoms with Crippen molar-refractivity contribution in [2.24, 2.45) is 0 Å². The molecule has 42 heavy (non-hydrogen) atoms. The normalized spacial score (nSPS) is 11.5. The van der Waals surface area contributed by atoms with Crippen molar-refractivity contribution in [1.29, 1.82) is 0 Å². The maximum Gasteiger partial charge on any atom is 0.164 e. The van der Waals surface area contributed by atoms with Crippen molar-refractivity contribution in [1.82, 2.24) is 39.9 Å². The first kappa shape index (κ1) is 24.4. The number of nitrogens with zero attached hydrogens (tertiary/aromatic N) is 6. The Bertz CT molecular complexity index is 2060. The van der Waals surface area contributed by atoms with Crippen molar-refractivity contribution in [3.63, 3.8) is 0 Å². The summed E-state index contributed by atoms with van der Waals surface area (Å²) in [4.78, 5) is 36.8. The molecule has 9 rings (SSSR count). The van der Waals surface area contributed by atoms with Gasteiger partial charge >= 0.3 is 19.8 Å². The van der Waals surface area contributed by atoms with Gasteiger partial charge in [0.2, 0.25) is 0 Å². The zero-order valence-corrected chi connectivity index (χ0v) is 22.8. The smallest absolute Gasteiger partial charge is 0.164 e.